The summed E-state index contributed by atoms with van der Waals surface area (Å²) in [4.78, 5) is 2.90. The third kappa shape index (κ3) is 2.21. The number of rotatable bonds is 2. The maximum absolute atomic E-state index is 5.88. The Balaban J connectivity index is 1.88. The lowest BCUT2D eigenvalue weighted by Gasteiger charge is -2.08. The molecule has 0 saturated carbocycles. The summed E-state index contributed by atoms with van der Waals surface area (Å²) in [5.41, 5.74) is 3.15. The van der Waals surface area contributed by atoms with Crippen molar-refractivity contribution >= 4 is 49.2 Å². The monoisotopic (exact) mass is 356 g/mol. The highest BCUT2D eigenvalue weighted by Gasteiger charge is 2.14. The quantitative estimate of drug-likeness (QED) is 0.376. The zero-order valence-electron chi connectivity index (χ0n) is 11.5. The van der Waals surface area contributed by atoms with Gasteiger partial charge in [-0.15, -0.1) is 11.3 Å². The molecule has 0 aliphatic heterocycles. The normalized spacial score (nSPS) is 13.0. The molecule has 21 heavy (non-hydrogen) atoms. The van der Waals surface area contributed by atoms with Gasteiger partial charge in [-0.05, 0) is 42.8 Å². The van der Waals surface area contributed by atoms with Crippen molar-refractivity contribution in [2.24, 2.45) is 0 Å². The Morgan fingerprint density at radius 1 is 0.952 bits per heavy atom. The molecule has 0 bridgehead atoms. The predicted molar refractivity (Wildman–Crippen MR) is 93.5 cm³/mol. The minimum absolute atomic E-state index is 0.231. The fourth-order valence-corrected chi connectivity index (χ4v) is 4.26. The Labute approximate surface area is 135 Å². The maximum atomic E-state index is 5.88. The Hall–Kier alpha value is -1.58. The summed E-state index contributed by atoms with van der Waals surface area (Å²) >= 11 is 5.66. The van der Waals surface area contributed by atoms with Crippen LogP contribution < -0.4 is 0 Å². The van der Waals surface area contributed by atoms with E-state index < -0.39 is 0 Å². The van der Waals surface area contributed by atoms with Crippen LogP contribution in [0.15, 0.2) is 59.0 Å². The lowest BCUT2D eigenvalue weighted by molar-refractivity contribution is 0.669. The van der Waals surface area contributed by atoms with Gasteiger partial charge in [0.05, 0.1) is 4.83 Å². The average Bonchev–Trinajstić information content (AvgIpc) is 3.09. The average molecular weight is 357 g/mol. The summed E-state index contributed by atoms with van der Waals surface area (Å²) in [6.45, 7) is 2.14. The third-order valence-corrected chi connectivity index (χ3v) is 6.09. The molecule has 0 aliphatic carbocycles. The minimum Gasteiger partial charge on any atom is -0.456 e. The van der Waals surface area contributed by atoms with E-state index in [2.05, 4.69) is 65.3 Å². The molecule has 1 unspecified atom stereocenters. The number of benzene rings is 2. The molecular formula is C18H13BrOS. The molecule has 4 aromatic rings. The second kappa shape index (κ2) is 5.00. The van der Waals surface area contributed by atoms with E-state index in [0.717, 1.165) is 11.2 Å². The van der Waals surface area contributed by atoms with Gasteiger partial charge < -0.3 is 4.42 Å². The van der Waals surface area contributed by atoms with Crippen LogP contribution in [0.4, 0.5) is 0 Å². The number of hydrogen-bond acceptors (Lipinski definition) is 2. The van der Waals surface area contributed by atoms with E-state index >= 15 is 0 Å². The van der Waals surface area contributed by atoms with Gasteiger partial charge in [-0.1, -0.05) is 40.2 Å². The van der Waals surface area contributed by atoms with Crippen LogP contribution in [-0.4, -0.2) is 0 Å². The highest BCUT2D eigenvalue weighted by molar-refractivity contribution is 9.09. The van der Waals surface area contributed by atoms with Gasteiger partial charge in [-0.2, -0.15) is 0 Å². The van der Waals surface area contributed by atoms with E-state index in [9.17, 15) is 0 Å². The number of alkyl halides is 1. The molecule has 3 heteroatoms. The van der Waals surface area contributed by atoms with Gasteiger partial charge in [-0.3, -0.25) is 0 Å². The van der Waals surface area contributed by atoms with Crippen LogP contribution in [0.25, 0.3) is 21.9 Å². The summed E-state index contributed by atoms with van der Waals surface area (Å²) in [6.07, 6.45) is 0. The number of hydrogen-bond donors (Lipinski definition) is 0. The molecule has 0 N–H and O–H groups in total. The lowest BCUT2D eigenvalue weighted by Crippen LogP contribution is -1.88. The molecule has 0 aliphatic rings. The highest BCUT2D eigenvalue weighted by atomic mass is 79.9. The molecule has 0 amide bonds. The number of fused-ring (bicyclic) bond motifs is 3. The molecule has 2 heterocycles. The van der Waals surface area contributed by atoms with Crippen molar-refractivity contribution < 1.29 is 4.42 Å². The predicted octanol–water partition coefficient (Wildman–Crippen LogP) is 6.44. The second-order valence-electron chi connectivity index (χ2n) is 5.16. The van der Waals surface area contributed by atoms with Crippen molar-refractivity contribution in [1.82, 2.24) is 0 Å². The Kier molecular flexibility index (Phi) is 3.12. The zero-order valence-corrected chi connectivity index (χ0v) is 13.9. The van der Waals surface area contributed by atoms with Gasteiger partial charge in [-0.25, -0.2) is 0 Å². The Morgan fingerprint density at radius 2 is 1.76 bits per heavy atom. The van der Waals surface area contributed by atoms with Crippen molar-refractivity contribution in [3.63, 3.8) is 0 Å². The third-order valence-electron chi connectivity index (χ3n) is 3.70. The van der Waals surface area contributed by atoms with E-state index in [-0.39, 0.29) is 4.83 Å². The first-order valence-electron chi connectivity index (χ1n) is 6.84. The molecule has 0 spiro atoms. The van der Waals surface area contributed by atoms with Gasteiger partial charge in [0.1, 0.15) is 11.2 Å². The molecule has 1 atom stereocenters. The molecular weight excluding hydrogens is 344 g/mol. The first-order chi connectivity index (χ1) is 10.2. The lowest BCUT2D eigenvalue weighted by atomic mass is 10.1. The Morgan fingerprint density at radius 3 is 2.57 bits per heavy atom. The molecule has 0 radical (unpaired) electrons. The smallest absolute Gasteiger partial charge is 0.135 e. The van der Waals surface area contributed by atoms with Gasteiger partial charge in [0.25, 0.3) is 0 Å². The minimum atomic E-state index is 0.231. The van der Waals surface area contributed by atoms with E-state index in [1.54, 1.807) is 0 Å². The van der Waals surface area contributed by atoms with E-state index in [4.69, 9.17) is 4.42 Å². The maximum Gasteiger partial charge on any atom is 0.135 e. The van der Waals surface area contributed by atoms with E-state index in [1.165, 1.54) is 26.1 Å². The van der Waals surface area contributed by atoms with Gasteiger partial charge in [0.2, 0.25) is 0 Å². The van der Waals surface area contributed by atoms with Crippen molar-refractivity contribution in [3.8, 4) is 0 Å². The second-order valence-corrected chi connectivity index (χ2v) is 7.40. The fourth-order valence-electron chi connectivity index (χ4n) is 2.66. The summed E-state index contributed by atoms with van der Waals surface area (Å²) in [7, 11) is 0. The number of halogens is 1. The largest absolute Gasteiger partial charge is 0.456 e. The SMILES string of the molecule is Cc1ccc(C(Br)c2ccc3oc4ccccc4c3c2)s1. The molecule has 104 valence electrons. The van der Waals surface area contributed by atoms with Gasteiger partial charge in [0.15, 0.2) is 0 Å². The van der Waals surface area contributed by atoms with Crippen molar-refractivity contribution in [1.29, 1.82) is 0 Å². The first-order valence-corrected chi connectivity index (χ1v) is 8.57. The highest BCUT2D eigenvalue weighted by Crippen LogP contribution is 2.38. The number of aryl methyl sites for hydroxylation is 1. The summed E-state index contributed by atoms with van der Waals surface area (Å²) < 4.78 is 5.88. The van der Waals surface area contributed by atoms with Crippen LogP contribution in [0, 0.1) is 6.92 Å². The number of para-hydroxylation sites is 1. The van der Waals surface area contributed by atoms with Crippen molar-refractivity contribution in [2.45, 2.75) is 11.8 Å². The summed E-state index contributed by atoms with van der Waals surface area (Å²) in [5.74, 6) is 0. The molecule has 4 rings (SSSR count). The summed E-state index contributed by atoms with van der Waals surface area (Å²) in [6, 6.07) is 19.0. The van der Waals surface area contributed by atoms with Crippen LogP contribution in [0.1, 0.15) is 20.1 Å². The van der Waals surface area contributed by atoms with Crippen LogP contribution in [0.5, 0.6) is 0 Å². The zero-order chi connectivity index (χ0) is 14.4. The van der Waals surface area contributed by atoms with Gasteiger partial charge in [0, 0.05) is 20.5 Å². The van der Waals surface area contributed by atoms with Crippen molar-refractivity contribution in [2.75, 3.05) is 0 Å². The summed E-state index contributed by atoms with van der Waals surface area (Å²) in [5, 5.41) is 2.36. The number of furan rings is 1. The first kappa shape index (κ1) is 13.1. The standard InChI is InChI=1S/C18H13BrOS/c1-11-6-9-17(21-11)18(19)12-7-8-16-14(10-12)13-4-2-3-5-15(13)20-16/h2-10,18H,1H3. The van der Waals surface area contributed by atoms with E-state index in [1.807, 2.05) is 23.5 Å². The molecule has 1 nitrogen and oxygen atoms in total. The molecule has 2 aromatic heterocycles. The molecule has 2 aromatic carbocycles. The van der Waals surface area contributed by atoms with Gasteiger partial charge >= 0.3 is 0 Å². The molecule has 0 saturated heterocycles. The van der Waals surface area contributed by atoms with E-state index in [0.29, 0.717) is 0 Å². The topological polar surface area (TPSA) is 13.1 Å². The Bertz CT molecular complexity index is 935. The van der Waals surface area contributed by atoms with Crippen molar-refractivity contribution in [3.05, 3.63) is 69.9 Å². The molecule has 0 fully saturated rings. The van der Waals surface area contributed by atoms with Crippen LogP contribution in [-0.2, 0) is 0 Å². The van der Waals surface area contributed by atoms with Crippen LogP contribution >= 0.6 is 27.3 Å². The number of thiophene rings is 1. The fraction of sp³-hybridized carbons (Fsp3) is 0.111. The van der Waals surface area contributed by atoms with Crippen LogP contribution in [0.3, 0.4) is 0 Å². The van der Waals surface area contributed by atoms with Crippen LogP contribution in [0.2, 0.25) is 0 Å².